The zero-order valence-electron chi connectivity index (χ0n) is 24.1. The maximum absolute atomic E-state index is 13.3. The van der Waals surface area contributed by atoms with Crippen LogP contribution in [0.25, 0.3) is 0 Å². The Balaban J connectivity index is 1.72. The van der Waals surface area contributed by atoms with E-state index in [2.05, 4.69) is 5.32 Å². The van der Waals surface area contributed by atoms with Gasteiger partial charge in [0.25, 0.3) is 5.91 Å². The van der Waals surface area contributed by atoms with Crippen molar-refractivity contribution in [3.63, 3.8) is 0 Å². The van der Waals surface area contributed by atoms with Gasteiger partial charge in [0.05, 0.1) is 28.9 Å². The van der Waals surface area contributed by atoms with Crippen molar-refractivity contribution in [3.8, 4) is 0 Å². The van der Waals surface area contributed by atoms with E-state index >= 15 is 0 Å². The van der Waals surface area contributed by atoms with Crippen molar-refractivity contribution in [2.75, 3.05) is 19.6 Å². The molecule has 0 aliphatic carbocycles. The first-order valence-corrected chi connectivity index (χ1v) is 15.4. The molecule has 12 heteroatoms. The average molecular weight is 631 g/mol. The van der Waals surface area contributed by atoms with Crippen LogP contribution in [0.1, 0.15) is 54.8 Å². The Hall–Kier alpha value is -3.93. The number of carbonyl (C=O) groups is 3. The van der Waals surface area contributed by atoms with E-state index < -0.39 is 39.5 Å². The number of aliphatic hydroxyl groups excluding tert-OH is 1. The zero-order chi connectivity index (χ0) is 31.8. The molecule has 1 unspecified atom stereocenters. The van der Waals surface area contributed by atoms with Gasteiger partial charge in [-0.3, -0.25) is 9.59 Å². The van der Waals surface area contributed by atoms with Crippen LogP contribution in [0.4, 0.5) is 4.79 Å². The van der Waals surface area contributed by atoms with Crippen molar-refractivity contribution in [2.45, 2.75) is 55.1 Å². The van der Waals surface area contributed by atoms with Gasteiger partial charge in [-0.15, -0.1) is 0 Å². The topological polar surface area (TPSA) is 150 Å². The first kappa shape index (κ1) is 33.6. The van der Waals surface area contributed by atoms with Gasteiger partial charge in [0.15, 0.2) is 0 Å². The summed E-state index contributed by atoms with van der Waals surface area (Å²) in [6.07, 6.45) is -1.50. The molecule has 3 aromatic rings. The molecule has 3 rings (SSSR count). The molecule has 0 aliphatic heterocycles. The Kier molecular flexibility index (Phi) is 11.3. The highest BCUT2D eigenvalue weighted by atomic mass is 35.5. The molecule has 3 N–H and O–H groups in total. The standard InChI is InChI=1S/C31H35ClN2O8S/c1-31(2,3)42-30(39)34(20-27(35)22-6-4-8-24(32)18-22)17-15-21-10-12-25(13-11-21)43(40,41)26-9-5-7-23(19-26)29(38)33-16-14-28(36)37/h4-13,18-19,27,35H,14-17,20H2,1-3H3,(H,33,38)(H,36,37). The molecule has 0 aliphatic rings. The van der Waals surface area contributed by atoms with Crippen LogP contribution in [-0.4, -0.2) is 66.7 Å². The fourth-order valence-corrected chi connectivity index (χ4v) is 5.54. The Morgan fingerprint density at radius 3 is 2.28 bits per heavy atom. The summed E-state index contributed by atoms with van der Waals surface area (Å²) in [6, 6.07) is 18.4. The maximum atomic E-state index is 13.3. The number of carboxylic acids is 1. The Morgan fingerprint density at radius 2 is 1.65 bits per heavy atom. The number of aliphatic carboxylic acids is 1. The van der Waals surface area contributed by atoms with E-state index in [1.807, 2.05) is 0 Å². The van der Waals surface area contributed by atoms with Crippen molar-refractivity contribution in [1.29, 1.82) is 0 Å². The van der Waals surface area contributed by atoms with E-state index in [1.54, 1.807) is 57.2 Å². The number of aliphatic hydroxyl groups is 1. The van der Waals surface area contributed by atoms with Crippen LogP contribution in [0.5, 0.6) is 0 Å². The molecule has 2 amide bonds. The van der Waals surface area contributed by atoms with Crippen molar-refractivity contribution in [2.24, 2.45) is 0 Å². The summed E-state index contributed by atoms with van der Waals surface area (Å²) in [7, 11) is -3.96. The SMILES string of the molecule is CC(C)(C)OC(=O)N(CCc1ccc(S(=O)(=O)c2cccc(C(=O)NCCC(=O)O)c2)cc1)CC(O)c1cccc(Cl)c1. The van der Waals surface area contributed by atoms with Gasteiger partial charge in [-0.05, 0) is 80.8 Å². The number of amides is 2. The van der Waals surface area contributed by atoms with Gasteiger partial charge in [-0.1, -0.05) is 41.9 Å². The van der Waals surface area contributed by atoms with Gasteiger partial charge in [0.1, 0.15) is 5.60 Å². The monoisotopic (exact) mass is 630 g/mol. The van der Waals surface area contributed by atoms with Crippen LogP contribution in [0, 0.1) is 0 Å². The molecule has 0 bridgehead atoms. The summed E-state index contributed by atoms with van der Waals surface area (Å²) >= 11 is 6.05. The minimum absolute atomic E-state index is 0.0139. The summed E-state index contributed by atoms with van der Waals surface area (Å²) in [4.78, 5) is 37.3. The zero-order valence-corrected chi connectivity index (χ0v) is 25.7. The predicted octanol–water partition coefficient (Wildman–Crippen LogP) is 4.89. The maximum Gasteiger partial charge on any atom is 0.410 e. The van der Waals surface area contributed by atoms with Crippen LogP contribution in [0.3, 0.4) is 0 Å². The van der Waals surface area contributed by atoms with E-state index in [4.69, 9.17) is 21.4 Å². The summed E-state index contributed by atoms with van der Waals surface area (Å²) in [5, 5.41) is 22.4. The minimum atomic E-state index is -3.96. The molecule has 0 spiro atoms. The first-order chi connectivity index (χ1) is 20.2. The molecule has 10 nitrogen and oxygen atoms in total. The molecule has 3 aromatic carbocycles. The number of nitrogens with zero attached hydrogens (tertiary/aromatic N) is 1. The largest absolute Gasteiger partial charge is 0.481 e. The lowest BCUT2D eigenvalue weighted by Gasteiger charge is -2.29. The number of carboxylic acid groups (broad SMARTS) is 1. The third-order valence-electron chi connectivity index (χ3n) is 6.21. The smallest absolute Gasteiger partial charge is 0.410 e. The highest BCUT2D eigenvalue weighted by Crippen LogP contribution is 2.24. The summed E-state index contributed by atoms with van der Waals surface area (Å²) in [6.45, 7) is 5.31. The third-order valence-corrected chi connectivity index (χ3v) is 8.22. The number of hydrogen-bond donors (Lipinski definition) is 3. The molecular weight excluding hydrogens is 596 g/mol. The lowest BCUT2D eigenvalue weighted by Crippen LogP contribution is -2.40. The van der Waals surface area contributed by atoms with Crippen LogP contribution in [0.2, 0.25) is 5.02 Å². The van der Waals surface area contributed by atoms with Crippen molar-refractivity contribution in [3.05, 3.63) is 94.5 Å². The summed E-state index contributed by atoms with van der Waals surface area (Å²) in [5.74, 6) is -1.64. The highest BCUT2D eigenvalue weighted by Gasteiger charge is 2.25. The minimum Gasteiger partial charge on any atom is -0.481 e. The van der Waals surface area contributed by atoms with E-state index in [1.165, 1.54) is 41.3 Å². The average Bonchev–Trinajstić information content (AvgIpc) is 2.94. The number of sulfone groups is 1. The van der Waals surface area contributed by atoms with E-state index in [-0.39, 0.29) is 41.4 Å². The quantitative estimate of drug-likeness (QED) is 0.256. The molecule has 230 valence electrons. The van der Waals surface area contributed by atoms with Gasteiger partial charge in [-0.25, -0.2) is 13.2 Å². The lowest BCUT2D eigenvalue weighted by atomic mass is 10.1. The van der Waals surface area contributed by atoms with E-state index in [9.17, 15) is 27.9 Å². The fraction of sp³-hybridized carbons (Fsp3) is 0.323. The second-order valence-electron chi connectivity index (χ2n) is 10.8. The molecule has 0 aromatic heterocycles. The van der Waals surface area contributed by atoms with Crippen molar-refractivity contribution >= 4 is 39.4 Å². The van der Waals surface area contributed by atoms with Crippen molar-refractivity contribution in [1.82, 2.24) is 10.2 Å². The van der Waals surface area contributed by atoms with Crippen LogP contribution >= 0.6 is 11.6 Å². The Bertz CT molecular complexity index is 1550. The molecule has 0 saturated carbocycles. The number of nitrogens with one attached hydrogen (secondary N) is 1. The van der Waals surface area contributed by atoms with E-state index in [0.29, 0.717) is 17.0 Å². The summed E-state index contributed by atoms with van der Waals surface area (Å²) < 4.78 is 32.1. The lowest BCUT2D eigenvalue weighted by molar-refractivity contribution is -0.136. The summed E-state index contributed by atoms with van der Waals surface area (Å²) in [5.41, 5.74) is 0.641. The molecule has 1 atom stereocenters. The molecule has 0 radical (unpaired) electrons. The van der Waals surface area contributed by atoms with E-state index in [0.717, 1.165) is 5.56 Å². The number of halogens is 1. The number of ether oxygens (including phenoxy) is 1. The number of hydrogen-bond acceptors (Lipinski definition) is 7. The normalized spacial score (nSPS) is 12.3. The van der Waals surface area contributed by atoms with Gasteiger partial charge in [0.2, 0.25) is 9.84 Å². The molecule has 43 heavy (non-hydrogen) atoms. The van der Waals surface area contributed by atoms with Crippen LogP contribution in [0.15, 0.2) is 82.6 Å². The molecule has 0 fully saturated rings. The second kappa shape index (κ2) is 14.5. The third kappa shape index (κ3) is 10.1. The number of benzene rings is 3. The molecular formula is C31H35ClN2O8S. The van der Waals surface area contributed by atoms with Gasteiger partial charge >= 0.3 is 12.1 Å². The molecule has 0 saturated heterocycles. The second-order valence-corrected chi connectivity index (χ2v) is 13.2. The van der Waals surface area contributed by atoms with Crippen LogP contribution < -0.4 is 5.32 Å². The highest BCUT2D eigenvalue weighted by molar-refractivity contribution is 7.91. The fourth-order valence-electron chi connectivity index (χ4n) is 4.04. The van der Waals surface area contributed by atoms with Gasteiger partial charge in [0, 0.05) is 23.7 Å². The van der Waals surface area contributed by atoms with Gasteiger partial charge < -0.3 is 25.2 Å². The Morgan fingerprint density at radius 1 is 0.977 bits per heavy atom. The number of carbonyl (C=O) groups excluding carboxylic acids is 2. The Labute approximate surface area is 256 Å². The first-order valence-electron chi connectivity index (χ1n) is 13.5. The number of rotatable bonds is 12. The van der Waals surface area contributed by atoms with Crippen molar-refractivity contribution < 1.29 is 37.8 Å². The van der Waals surface area contributed by atoms with Gasteiger partial charge in [-0.2, -0.15) is 0 Å². The molecule has 0 heterocycles. The predicted molar refractivity (Wildman–Crippen MR) is 161 cm³/mol. The van der Waals surface area contributed by atoms with Crippen LogP contribution in [-0.2, 0) is 25.8 Å².